The van der Waals surface area contributed by atoms with Crippen molar-refractivity contribution in [2.45, 2.75) is 41.3 Å². The van der Waals surface area contributed by atoms with E-state index in [1.807, 2.05) is 30.3 Å². The van der Waals surface area contributed by atoms with E-state index in [2.05, 4.69) is 24.3 Å². The molecule has 0 spiro atoms. The third-order valence-electron chi connectivity index (χ3n) is 3.51. The summed E-state index contributed by atoms with van der Waals surface area (Å²) >= 11 is 1.73. The molecule has 3 heteroatoms. The normalized spacial score (nSPS) is 21.9. The standard InChI is InChI=1S/C17H18O2S/c18-16-7-4-8-17(16)19-13-9-11-15(12-10-13)20-14-5-2-1-3-6-14/h1-3,5-6,9-12,16-18H,4,7-8H2. The Morgan fingerprint density at radius 3 is 2.25 bits per heavy atom. The van der Waals surface area contributed by atoms with Crippen molar-refractivity contribution in [2.75, 3.05) is 0 Å². The fraction of sp³-hybridized carbons (Fsp3) is 0.294. The van der Waals surface area contributed by atoms with Crippen LogP contribution in [0.3, 0.4) is 0 Å². The van der Waals surface area contributed by atoms with Gasteiger partial charge in [-0.25, -0.2) is 0 Å². The average molecular weight is 286 g/mol. The molecule has 0 amide bonds. The van der Waals surface area contributed by atoms with E-state index in [4.69, 9.17) is 4.74 Å². The minimum absolute atomic E-state index is 0.0392. The first-order valence-corrected chi connectivity index (χ1v) is 7.80. The van der Waals surface area contributed by atoms with E-state index in [-0.39, 0.29) is 12.2 Å². The maximum atomic E-state index is 9.77. The van der Waals surface area contributed by atoms with E-state index in [9.17, 15) is 5.11 Å². The van der Waals surface area contributed by atoms with Crippen molar-refractivity contribution in [3.63, 3.8) is 0 Å². The van der Waals surface area contributed by atoms with Crippen LogP contribution in [0.2, 0.25) is 0 Å². The number of aliphatic hydroxyl groups is 1. The van der Waals surface area contributed by atoms with Crippen LogP contribution in [-0.2, 0) is 0 Å². The highest BCUT2D eigenvalue weighted by Gasteiger charge is 2.26. The van der Waals surface area contributed by atoms with E-state index >= 15 is 0 Å². The van der Waals surface area contributed by atoms with Crippen LogP contribution in [-0.4, -0.2) is 17.3 Å². The summed E-state index contributed by atoms with van der Waals surface area (Å²) in [6, 6.07) is 18.4. The zero-order chi connectivity index (χ0) is 13.8. The molecule has 2 aromatic carbocycles. The van der Waals surface area contributed by atoms with Gasteiger partial charge in [-0.15, -0.1) is 0 Å². The molecule has 2 aromatic rings. The van der Waals surface area contributed by atoms with Crippen molar-refractivity contribution in [3.05, 3.63) is 54.6 Å². The van der Waals surface area contributed by atoms with E-state index < -0.39 is 0 Å². The van der Waals surface area contributed by atoms with Crippen LogP contribution in [0.5, 0.6) is 5.75 Å². The summed E-state index contributed by atoms with van der Waals surface area (Å²) < 4.78 is 5.83. The van der Waals surface area contributed by atoms with Crippen LogP contribution in [0, 0.1) is 0 Å². The maximum Gasteiger partial charge on any atom is 0.124 e. The first-order valence-electron chi connectivity index (χ1n) is 6.99. The Bertz CT molecular complexity index is 539. The van der Waals surface area contributed by atoms with Crippen LogP contribution in [0.25, 0.3) is 0 Å². The Labute approximate surface area is 123 Å². The molecule has 1 N–H and O–H groups in total. The van der Waals surface area contributed by atoms with Crippen LogP contribution in [0.1, 0.15) is 19.3 Å². The number of rotatable bonds is 4. The minimum atomic E-state index is -0.312. The molecule has 3 rings (SSSR count). The molecule has 0 radical (unpaired) electrons. The van der Waals surface area contributed by atoms with Gasteiger partial charge in [-0.1, -0.05) is 30.0 Å². The van der Waals surface area contributed by atoms with E-state index in [1.54, 1.807) is 11.8 Å². The molecule has 0 saturated heterocycles. The zero-order valence-electron chi connectivity index (χ0n) is 11.2. The van der Waals surface area contributed by atoms with Gasteiger partial charge in [0.05, 0.1) is 6.10 Å². The average Bonchev–Trinajstić information content (AvgIpc) is 2.88. The van der Waals surface area contributed by atoms with Crippen molar-refractivity contribution >= 4 is 11.8 Å². The summed E-state index contributed by atoms with van der Waals surface area (Å²) in [7, 11) is 0. The highest BCUT2D eigenvalue weighted by molar-refractivity contribution is 7.99. The summed E-state index contributed by atoms with van der Waals surface area (Å²) in [6.07, 6.45) is 2.50. The van der Waals surface area contributed by atoms with E-state index in [0.717, 1.165) is 25.0 Å². The predicted molar refractivity (Wildman–Crippen MR) is 81.3 cm³/mol. The van der Waals surface area contributed by atoms with Crippen LogP contribution >= 0.6 is 11.8 Å². The van der Waals surface area contributed by atoms with Crippen molar-refractivity contribution in [1.82, 2.24) is 0 Å². The Morgan fingerprint density at radius 2 is 1.60 bits per heavy atom. The molecule has 0 bridgehead atoms. The molecule has 1 fully saturated rings. The van der Waals surface area contributed by atoms with Crippen LogP contribution in [0.4, 0.5) is 0 Å². The monoisotopic (exact) mass is 286 g/mol. The third-order valence-corrected chi connectivity index (χ3v) is 4.52. The minimum Gasteiger partial charge on any atom is -0.488 e. The number of ether oxygens (including phenoxy) is 1. The zero-order valence-corrected chi connectivity index (χ0v) is 12.1. The molecule has 0 aliphatic heterocycles. The molecule has 0 aromatic heterocycles. The molecule has 1 saturated carbocycles. The van der Waals surface area contributed by atoms with Gasteiger partial charge in [-0.05, 0) is 55.7 Å². The lowest BCUT2D eigenvalue weighted by Crippen LogP contribution is -2.25. The molecule has 2 unspecified atom stereocenters. The SMILES string of the molecule is OC1CCCC1Oc1ccc(Sc2ccccc2)cc1. The molecule has 2 nitrogen and oxygen atoms in total. The lowest BCUT2D eigenvalue weighted by molar-refractivity contribution is 0.0604. The van der Waals surface area contributed by atoms with Gasteiger partial charge < -0.3 is 9.84 Å². The van der Waals surface area contributed by atoms with E-state index in [1.165, 1.54) is 9.79 Å². The molecule has 104 valence electrons. The molecule has 2 atom stereocenters. The highest BCUT2D eigenvalue weighted by Crippen LogP contribution is 2.30. The molecule has 1 aliphatic rings. The predicted octanol–water partition coefficient (Wildman–Crippen LogP) is 4.13. The molecule has 1 aliphatic carbocycles. The second-order valence-corrected chi connectivity index (χ2v) is 6.19. The maximum absolute atomic E-state index is 9.77. The fourth-order valence-corrected chi connectivity index (χ4v) is 3.27. The summed E-state index contributed by atoms with van der Waals surface area (Å²) in [5.74, 6) is 0.841. The topological polar surface area (TPSA) is 29.5 Å². The number of aliphatic hydroxyl groups excluding tert-OH is 1. The highest BCUT2D eigenvalue weighted by atomic mass is 32.2. The smallest absolute Gasteiger partial charge is 0.124 e. The molecule has 20 heavy (non-hydrogen) atoms. The van der Waals surface area contributed by atoms with Crippen molar-refractivity contribution < 1.29 is 9.84 Å². The Balaban J connectivity index is 1.62. The van der Waals surface area contributed by atoms with Gasteiger partial charge in [-0.3, -0.25) is 0 Å². The van der Waals surface area contributed by atoms with Crippen LogP contribution in [0.15, 0.2) is 64.4 Å². The number of hydrogen-bond donors (Lipinski definition) is 1. The Hall–Kier alpha value is -1.45. The lowest BCUT2D eigenvalue weighted by atomic mass is 10.2. The van der Waals surface area contributed by atoms with Gasteiger partial charge in [0, 0.05) is 9.79 Å². The number of benzene rings is 2. The second kappa shape index (κ2) is 6.33. The van der Waals surface area contributed by atoms with Gasteiger partial charge in [-0.2, -0.15) is 0 Å². The first-order chi connectivity index (χ1) is 9.81. The summed E-state index contributed by atoms with van der Waals surface area (Å²) in [6.45, 7) is 0. The third kappa shape index (κ3) is 3.35. The van der Waals surface area contributed by atoms with Crippen molar-refractivity contribution in [3.8, 4) is 5.75 Å². The van der Waals surface area contributed by atoms with Crippen LogP contribution < -0.4 is 4.74 Å². The largest absolute Gasteiger partial charge is 0.488 e. The Kier molecular flexibility index (Phi) is 4.28. The summed E-state index contributed by atoms with van der Waals surface area (Å²) in [5.41, 5.74) is 0. The summed E-state index contributed by atoms with van der Waals surface area (Å²) in [4.78, 5) is 2.42. The van der Waals surface area contributed by atoms with Gasteiger partial charge >= 0.3 is 0 Å². The quantitative estimate of drug-likeness (QED) is 0.916. The van der Waals surface area contributed by atoms with Gasteiger partial charge in [0.15, 0.2) is 0 Å². The summed E-state index contributed by atoms with van der Waals surface area (Å²) in [5, 5.41) is 9.77. The van der Waals surface area contributed by atoms with Crippen molar-refractivity contribution in [1.29, 1.82) is 0 Å². The first kappa shape index (κ1) is 13.5. The van der Waals surface area contributed by atoms with Gasteiger partial charge in [0.25, 0.3) is 0 Å². The van der Waals surface area contributed by atoms with Gasteiger partial charge in [0.2, 0.25) is 0 Å². The molecular formula is C17H18O2S. The Morgan fingerprint density at radius 1 is 0.900 bits per heavy atom. The number of hydrogen-bond acceptors (Lipinski definition) is 3. The fourth-order valence-electron chi connectivity index (χ4n) is 2.43. The second-order valence-electron chi connectivity index (χ2n) is 5.04. The molecule has 0 heterocycles. The van der Waals surface area contributed by atoms with Crippen molar-refractivity contribution in [2.24, 2.45) is 0 Å². The van der Waals surface area contributed by atoms with E-state index in [0.29, 0.717) is 0 Å². The molecular weight excluding hydrogens is 268 g/mol. The van der Waals surface area contributed by atoms with Gasteiger partial charge in [0.1, 0.15) is 11.9 Å². The lowest BCUT2D eigenvalue weighted by Gasteiger charge is -2.17.